The summed E-state index contributed by atoms with van der Waals surface area (Å²) in [6.45, 7) is 0. The maximum Gasteiger partial charge on any atom is 0.417 e. The predicted molar refractivity (Wildman–Crippen MR) is 70.0 cm³/mol. The van der Waals surface area contributed by atoms with Crippen LogP contribution < -0.4 is 0 Å². The molecule has 0 saturated heterocycles. The van der Waals surface area contributed by atoms with Gasteiger partial charge in [-0.05, 0) is 12.1 Å². The van der Waals surface area contributed by atoms with Crippen molar-refractivity contribution in [1.29, 1.82) is 0 Å². The van der Waals surface area contributed by atoms with E-state index in [1.165, 1.54) is 12.1 Å². The maximum absolute atomic E-state index is 12.6. The molecule has 0 fully saturated rings. The topological polar surface area (TPSA) is 17.1 Å². The lowest BCUT2D eigenvalue weighted by atomic mass is 10.1. The quantitative estimate of drug-likeness (QED) is 0.489. The lowest BCUT2D eigenvalue weighted by Gasteiger charge is -2.11. The molecule has 0 bridgehead atoms. The molecule has 0 heterocycles. The summed E-state index contributed by atoms with van der Waals surface area (Å²) >= 11 is 8.99. The van der Waals surface area contributed by atoms with Crippen LogP contribution in [0.2, 0.25) is 0 Å². The Labute approximate surface area is 121 Å². The lowest BCUT2D eigenvalue weighted by Crippen LogP contribution is -2.17. The standard InChI is InChI=1S/C10H6Br3F3O/c11-4-8(13)9(17)5-1-2-7(12)6(3-5)10(14,15)16/h1-3,8H,4H2. The van der Waals surface area contributed by atoms with Crippen molar-refractivity contribution in [2.45, 2.75) is 11.0 Å². The van der Waals surface area contributed by atoms with Gasteiger partial charge in [-0.2, -0.15) is 13.2 Å². The molecule has 0 amide bonds. The molecule has 0 radical (unpaired) electrons. The fraction of sp³-hybridized carbons (Fsp3) is 0.300. The fourth-order valence-corrected chi connectivity index (χ4v) is 2.18. The Kier molecular flexibility index (Phi) is 5.21. The zero-order chi connectivity index (χ0) is 13.2. The number of ketones is 1. The first-order chi connectivity index (χ1) is 7.77. The molecule has 1 rings (SSSR count). The monoisotopic (exact) mass is 436 g/mol. The van der Waals surface area contributed by atoms with E-state index in [2.05, 4.69) is 47.8 Å². The highest BCUT2D eigenvalue weighted by Gasteiger charge is 2.33. The van der Waals surface area contributed by atoms with Gasteiger partial charge in [0.25, 0.3) is 0 Å². The van der Waals surface area contributed by atoms with Crippen LogP contribution in [-0.2, 0) is 6.18 Å². The van der Waals surface area contributed by atoms with Crippen molar-refractivity contribution in [3.05, 3.63) is 33.8 Å². The third-order valence-corrected chi connectivity index (χ3v) is 4.92. The molecule has 0 N–H and O–H groups in total. The van der Waals surface area contributed by atoms with Crippen molar-refractivity contribution in [2.75, 3.05) is 5.33 Å². The van der Waals surface area contributed by atoms with Crippen molar-refractivity contribution in [3.63, 3.8) is 0 Å². The van der Waals surface area contributed by atoms with Gasteiger partial charge in [0.1, 0.15) is 0 Å². The molecule has 0 aromatic heterocycles. The smallest absolute Gasteiger partial charge is 0.293 e. The van der Waals surface area contributed by atoms with Gasteiger partial charge >= 0.3 is 6.18 Å². The summed E-state index contributed by atoms with van der Waals surface area (Å²) in [5.74, 6) is -0.389. The van der Waals surface area contributed by atoms with E-state index in [0.717, 1.165) is 6.07 Å². The number of Topliss-reactive ketones (excluding diaryl/α,β-unsaturated/α-hetero) is 1. The lowest BCUT2D eigenvalue weighted by molar-refractivity contribution is -0.138. The summed E-state index contributed by atoms with van der Waals surface area (Å²) in [4.78, 5) is 11.2. The molecule has 7 heteroatoms. The van der Waals surface area contributed by atoms with E-state index in [4.69, 9.17) is 0 Å². The molecule has 17 heavy (non-hydrogen) atoms. The molecule has 1 aromatic rings. The molecule has 1 aromatic carbocycles. The first-order valence-corrected chi connectivity index (χ1v) is 7.21. The summed E-state index contributed by atoms with van der Waals surface area (Å²) in [6, 6.07) is 3.44. The highest BCUT2D eigenvalue weighted by Crippen LogP contribution is 2.35. The highest BCUT2D eigenvalue weighted by molar-refractivity contribution is 9.12. The van der Waals surface area contributed by atoms with Crippen LogP contribution in [-0.4, -0.2) is 15.9 Å². The van der Waals surface area contributed by atoms with Crippen LogP contribution in [0.4, 0.5) is 13.2 Å². The van der Waals surface area contributed by atoms with E-state index >= 15 is 0 Å². The summed E-state index contributed by atoms with van der Waals surface area (Å²) < 4.78 is 37.8. The van der Waals surface area contributed by atoms with Gasteiger partial charge in [-0.25, -0.2) is 0 Å². The van der Waals surface area contributed by atoms with Crippen molar-refractivity contribution in [1.82, 2.24) is 0 Å². The van der Waals surface area contributed by atoms with E-state index in [-0.39, 0.29) is 15.8 Å². The van der Waals surface area contributed by atoms with Gasteiger partial charge in [0.2, 0.25) is 0 Å². The van der Waals surface area contributed by atoms with Crippen LogP contribution in [0.5, 0.6) is 0 Å². The molecule has 0 spiro atoms. The fourth-order valence-electron chi connectivity index (χ4n) is 1.15. The van der Waals surface area contributed by atoms with E-state index in [1.54, 1.807) is 0 Å². The number of hydrogen-bond donors (Lipinski definition) is 0. The number of hydrogen-bond acceptors (Lipinski definition) is 1. The third kappa shape index (κ3) is 3.79. The van der Waals surface area contributed by atoms with Crippen LogP contribution >= 0.6 is 47.8 Å². The Bertz CT molecular complexity index is 431. The molecular weight excluding hydrogens is 433 g/mol. The average molecular weight is 439 g/mol. The van der Waals surface area contributed by atoms with Crippen LogP contribution in [0.1, 0.15) is 15.9 Å². The van der Waals surface area contributed by atoms with E-state index in [9.17, 15) is 18.0 Å². The number of benzene rings is 1. The SMILES string of the molecule is O=C(c1ccc(Br)c(C(F)(F)F)c1)C(Br)CBr. The molecule has 1 nitrogen and oxygen atoms in total. The van der Waals surface area contributed by atoms with Gasteiger partial charge < -0.3 is 0 Å². The highest BCUT2D eigenvalue weighted by atomic mass is 79.9. The minimum atomic E-state index is -4.48. The van der Waals surface area contributed by atoms with Gasteiger partial charge in [0.05, 0.1) is 10.4 Å². The third-order valence-electron chi connectivity index (χ3n) is 1.98. The molecule has 0 aliphatic heterocycles. The van der Waals surface area contributed by atoms with Crippen LogP contribution in [0.3, 0.4) is 0 Å². The molecule has 94 valence electrons. The number of carbonyl (C=O) groups is 1. The van der Waals surface area contributed by atoms with Gasteiger partial charge in [-0.15, -0.1) is 0 Å². The predicted octanol–water partition coefficient (Wildman–Crippen LogP) is 4.81. The number of rotatable bonds is 3. The van der Waals surface area contributed by atoms with Crippen molar-refractivity contribution in [3.8, 4) is 0 Å². The molecule has 0 saturated carbocycles. The normalized spacial score (nSPS) is 13.5. The van der Waals surface area contributed by atoms with Crippen molar-refractivity contribution < 1.29 is 18.0 Å². The van der Waals surface area contributed by atoms with E-state index < -0.39 is 16.6 Å². The summed E-state index contributed by atoms with van der Waals surface area (Å²) in [5, 5.41) is 0.337. The Morgan fingerprint density at radius 3 is 2.41 bits per heavy atom. The Morgan fingerprint density at radius 2 is 1.94 bits per heavy atom. The minimum absolute atomic E-state index is 0.0295. The first-order valence-electron chi connectivity index (χ1n) is 4.38. The van der Waals surface area contributed by atoms with Gasteiger partial charge in [0, 0.05) is 15.4 Å². The second-order valence-corrected chi connectivity index (χ2v) is 5.79. The van der Waals surface area contributed by atoms with Gasteiger partial charge in [-0.3, -0.25) is 4.79 Å². The maximum atomic E-state index is 12.6. The summed E-state index contributed by atoms with van der Waals surface area (Å²) in [6.07, 6.45) is -4.48. The second kappa shape index (κ2) is 5.84. The van der Waals surface area contributed by atoms with E-state index in [1.807, 2.05) is 0 Å². The average Bonchev–Trinajstić information content (AvgIpc) is 2.26. The molecule has 1 unspecified atom stereocenters. The largest absolute Gasteiger partial charge is 0.417 e. The zero-order valence-corrected chi connectivity index (χ0v) is 13.0. The Balaban J connectivity index is 3.18. The summed E-state index contributed by atoms with van der Waals surface area (Å²) in [5.41, 5.74) is -0.820. The van der Waals surface area contributed by atoms with Crippen LogP contribution in [0, 0.1) is 0 Å². The van der Waals surface area contributed by atoms with Crippen molar-refractivity contribution in [2.24, 2.45) is 0 Å². The molecule has 0 aliphatic rings. The molecular formula is C10H6Br3F3O. The van der Waals surface area contributed by atoms with Crippen LogP contribution in [0.15, 0.2) is 22.7 Å². The van der Waals surface area contributed by atoms with E-state index in [0.29, 0.717) is 5.33 Å². The number of carbonyl (C=O) groups excluding carboxylic acids is 1. The molecule has 1 atom stereocenters. The minimum Gasteiger partial charge on any atom is -0.293 e. The summed E-state index contributed by atoms with van der Waals surface area (Å²) in [7, 11) is 0. The first kappa shape index (κ1) is 15.2. The van der Waals surface area contributed by atoms with Gasteiger partial charge in [-0.1, -0.05) is 53.9 Å². The number of alkyl halides is 5. The Hall–Kier alpha value is 0.120. The number of halogens is 6. The second-order valence-electron chi connectivity index (χ2n) is 3.18. The zero-order valence-electron chi connectivity index (χ0n) is 8.19. The molecule has 0 aliphatic carbocycles. The van der Waals surface area contributed by atoms with Crippen LogP contribution in [0.25, 0.3) is 0 Å². The van der Waals surface area contributed by atoms with Crippen molar-refractivity contribution >= 4 is 53.6 Å². The Morgan fingerprint density at radius 1 is 1.35 bits per heavy atom. The van der Waals surface area contributed by atoms with Gasteiger partial charge in [0.15, 0.2) is 5.78 Å².